The molecule has 1 aromatic rings. The van der Waals surface area contributed by atoms with Crippen LogP contribution in [0.15, 0.2) is 30.3 Å². The maximum Gasteiger partial charge on any atom is 1.00 e. The van der Waals surface area contributed by atoms with Gasteiger partial charge in [0.05, 0.1) is 11.8 Å². The number of aliphatic carboxylic acids is 1. The summed E-state index contributed by atoms with van der Waals surface area (Å²) in [7, 11) is -4.67. The van der Waals surface area contributed by atoms with Crippen molar-refractivity contribution in [1.82, 2.24) is 10.6 Å². The molecule has 0 saturated carbocycles. The molecular weight excluding hydrogens is 394 g/mol. The van der Waals surface area contributed by atoms with Gasteiger partial charge in [0.15, 0.2) is 0 Å². The molecule has 1 heterocycles. The monoisotopic (exact) mass is 420 g/mol. The Morgan fingerprint density at radius 2 is 1.93 bits per heavy atom. The molecule has 5 atom stereocenters. The fourth-order valence-electron chi connectivity index (χ4n) is 3.54. The number of hydrogen-bond donors (Lipinski definition) is 4. The van der Waals surface area contributed by atoms with Gasteiger partial charge in [0.25, 0.3) is 0 Å². The zero-order valence-corrected chi connectivity index (χ0v) is 19.3. The first-order valence-electron chi connectivity index (χ1n) is 8.94. The summed E-state index contributed by atoms with van der Waals surface area (Å²) in [5.41, 5.74) is 0.763. The first kappa shape index (κ1) is 25.3. The molecule has 1 unspecified atom stereocenters. The predicted octanol–water partition coefficient (Wildman–Crippen LogP) is -2.30. The molecule has 0 spiro atoms. The van der Waals surface area contributed by atoms with Gasteiger partial charge in [-0.3, -0.25) is 10.1 Å². The van der Waals surface area contributed by atoms with Crippen LogP contribution in [0.4, 0.5) is 0 Å². The van der Waals surface area contributed by atoms with Crippen molar-refractivity contribution in [3.05, 3.63) is 35.9 Å². The summed E-state index contributed by atoms with van der Waals surface area (Å²) in [6.07, 6.45) is 0.868. The maximum atomic E-state index is 12.5. The zero-order valence-electron chi connectivity index (χ0n) is 16.4. The minimum atomic E-state index is -4.67. The van der Waals surface area contributed by atoms with E-state index in [2.05, 4.69) is 10.6 Å². The molecule has 1 saturated heterocycles. The quantitative estimate of drug-likeness (QED) is 0.274. The van der Waals surface area contributed by atoms with E-state index in [0.717, 1.165) is 5.56 Å². The van der Waals surface area contributed by atoms with Gasteiger partial charge in [-0.1, -0.05) is 44.2 Å². The van der Waals surface area contributed by atoms with Crippen molar-refractivity contribution >= 4 is 19.5 Å². The van der Waals surface area contributed by atoms with Crippen molar-refractivity contribution in [2.45, 2.75) is 51.0 Å². The van der Waals surface area contributed by atoms with E-state index in [1.807, 2.05) is 19.9 Å². The first-order valence-corrected chi connectivity index (χ1v) is 10.6. The predicted molar refractivity (Wildman–Crippen MR) is 97.8 cm³/mol. The number of carboxylic acids is 1. The summed E-state index contributed by atoms with van der Waals surface area (Å²) in [6.45, 7) is 3.86. The van der Waals surface area contributed by atoms with Crippen LogP contribution in [0.5, 0.6) is 0 Å². The van der Waals surface area contributed by atoms with Crippen molar-refractivity contribution in [2.24, 2.45) is 11.8 Å². The summed E-state index contributed by atoms with van der Waals surface area (Å²) in [5, 5.41) is 14.6. The average molecular weight is 420 g/mol. The molecule has 1 aromatic carbocycles. The second-order valence-corrected chi connectivity index (χ2v) is 9.13. The van der Waals surface area contributed by atoms with E-state index in [0.29, 0.717) is 6.42 Å². The van der Waals surface area contributed by atoms with Gasteiger partial charge >= 0.3 is 35.5 Å². The Kier molecular flexibility index (Phi) is 9.83. The minimum absolute atomic E-state index is 0. The molecule has 10 heteroatoms. The van der Waals surface area contributed by atoms with Gasteiger partial charge in [-0.25, -0.2) is 4.79 Å². The van der Waals surface area contributed by atoms with E-state index in [1.165, 1.54) is 0 Å². The second-order valence-electron chi connectivity index (χ2n) is 7.44. The van der Waals surface area contributed by atoms with E-state index in [4.69, 9.17) is 0 Å². The third kappa shape index (κ3) is 7.26. The third-order valence-corrected chi connectivity index (χ3v) is 5.97. The summed E-state index contributed by atoms with van der Waals surface area (Å²) in [5.74, 6) is -3.17. The van der Waals surface area contributed by atoms with Gasteiger partial charge < -0.3 is 24.8 Å². The van der Waals surface area contributed by atoms with E-state index in [-0.39, 0.29) is 48.3 Å². The summed E-state index contributed by atoms with van der Waals surface area (Å²) in [4.78, 5) is 45.2. The van der Waals surface area contributed by atoms with Crippen LogP contribution in [0.2, 0.25) is 0 Å². The van der Waals surface area contributed by atoms with E-state index >= 15 is 0 Å². The number of carboxylic acid groups (broad SMARTS) is 1. The van der Waals surface area contributed by atoms with Crippen LogP contribution in [-0.4, -0.2) is 39.7 Å². The van der Waals surface area contributed by atoms with Gasteiger partial charge in [-0.2, -0.15) is 0 Å². The molecule has 1 aliphatic rings. The Hall–Kier alpha value is -0.730. The Labute approximate surface area is 186 Å². The standard InChI is InChI=1S/C18H27N2O6P.Na/c1-11(2)8-13-10-14(20-17(13)27(24,25)26)16(21)19-15(18(22)23)9-12-6-4-3-5-7-12;/h3-7,11,13-15,17,20H,8-10H2,1-2H3,(H,19,21)(H,22,23)(H2,24,25,26);/q;+1/p-1/t13-,14+,15+,17-;/m1./s1. The molecule has 1 fully saturated rings. The molecule has 150 valence electrons. The average Bonchev–Trinajstić information content (AvgIpc) is 2.98. The second kappa shape index (κ2) is 10.9. The van der Waals surface area contributed by atoms with Crippen LogP contribution in [0, 0.1) is 11.8 Å². The molecule has 0 aromatic heterocycles. The van der Waals surface area contributed by atoms with Crippen molar-refractivity contribution in [1.29, 1.82) is 0 Å². The molecule has 0 aliphatic carbocycles. The number of benzene rings is 1. The molecule has 1 amide bonds. The van der Waals surface area contributed by atoms with Gasteiger partial charge in [0.1, 0.15) is 13.6 Å². The number of nitrogens with one attached hydrogen (secondary N) is 2. The van der Waals surface area contributed by atoms with Crippen LogP contribution in [0.25, 0.3) is 0 Å². The fourth-order valence-corrected chi connectivity index (χ4v) is 4.68. The number of amides is 1. The van der Waals surface area contributed by atoms with Crippen LogP contribution in [0.3, 0.4) is 0 Å². The van der Waals surface area contributed by atoms with Crippen molar-refractivity contribution in [2.75, 3.05) is 0 Å². The summed E-state index contributed by atoms with van der Waals surface area (Å²) >= 11 is 0. The smallest absolute Gasteiger partial charge is 0.778 e. The van der Waals surface area contributed by atoms with Gasteiger partial charge in [-0.15, -0.1) is 0 Å². The molecule has 0 bridgehead atoms. The number of carbonyl (C=O) groups excluding carboxylic acids is 1. The molecule has 1 aliphatic heterocycles. The van der Waals surface area contributed by atoms with Gasteiger partial charge in [0, 0.05) is 6.42 Å². The molecule has 8 nitrogen and oxygen atoms in total. The summed E-state index contributed by atoms with van der Waals surface area (Å²) < 4.78 is 11.7. The normalized spacial score (nSPS) is 24.8. The Morgan fingerprint density at radius 3 is 2.43 bits per heavy atom. The van der Waals surface area contributed by atoms with Crippen LogP contribution in [0.1, 0.15) is 32.3 Å². The van der Waals surface area contributed by atoms with Crippen LogP contribution >= 0.6 is 7.60 Å². The number of hydrogen-bond acceptors (Lipinski definition) is 5. The van der Waals surface area contributed by atoms with Gasteiger partial charge in [-0.05, 0) is 30.2 Å². The molecule has 4 N–H and O–H groups in total. The Bertz CT molecular complexity index is 711. The molecule has 0 radical (unpaired) electrons. The Morgan fingerprint density at radius 1 is 1.32 bits per heavy atom. The zero-order chi connectivity index (χ0) is 20.2. The number of carbonyl (C=O) groups is 2. The Balaban J connectivity index is 0.00000392. The maximum absolute atomic E-state index is 12.5. The van der Waals surface area contributed by atoms with E-state index in [1.54, 1.807) is 24.3 Å². The topological polar surface area (TPSA) is 139 Å². The SMILES string of the molecule is CC(C)C[C@@H]1C[C@@H](C(=O)N[C@@H](Cc2ccccc2)C(=O)O)N[C@@H]1P(=O)([O-])O.[Na+]. The van der Waals surface area contributed by atoms with Crippen molar-refractivity contribution in [3.63, 3.8) is 0 Å². The number of rotatable bonds is 8. The van der Waals surface area contributed by atoms with E-state index in [9.17, 15) is 29.0 Å². The summed E-state index contributed by atoms with van der Waals surface area (Å²) in [6, 6.07) is 6.91. The van der Waals surface area contributed by atoms with Crippen molar-refractivity contribution in [3.8, 4) is 0 Å². The largest absolute Gasteiger partial charge is 1.00 e. The first-order chi connectivity index (χ1) is 12.6. The molecular formula is C18H26N2NaO6P. The molecule has 2 rings (SSSR count). The fraction of sp³-hybridized carbons (Fsp3) is 0.556. The van der Waals surface area contributed by atoms with Gasteiger partial charge in [0.2, 0.25) is 5.91 Å². The van der Waals surface area contributed by atoms with Crippen LogP contribution in [-0.2, 0) is 20.6 Å². The van der Waals surface area contributed by atoms with Crippen LogP contribution < -0.4 is 45.1 Å². The third-order valence-electron chi connectivity index (χ3n) is 4.70. The minimum Gasteiger partial charge on any atom is -0.778 e. The molecule has 28 heavy (non-hydrogen) atoms. The van der Waals surface area contributed by atoms with Crippen molar-refractivity contribution < 1.29 is 58.6 Å². The van der Waals surface area contributed by atoms with E-state index < -0.39 is 43.3 Å².